The molecule has 8 aromatic rings. The molecule has 3 heteroatoms. The van der Waals surface area contributed by atoms with Crippen LogP contribution in [0.5, 0.6) is 0 Å². The normalized spacial score (nSPS) is 12.3. The largest absolute Gasteiger partial charge is 0.456 e. The third-order valence-electron chi connectivity index (χ3n) is 7.33. The molecule has 0 unspecified atom stereocenters. The van der Waals surface area contributed by atoms with Crippen molar-refractivity contribution in [1.29, 1.82) is 0 Å². The smallest absolute Gasteiger partial charge is 0.135 e. The monoisotopic (exact) mass is 436 g/mol. The summed E-state index contributed by atoms with van der Waals surface area (Å²) in [6.45, 7) is 0. The van der Waals surface area contributed by atoms with Crippen LogP contribution in [-0.2, 0) is 7.05 Å². The second-order valence-electron chi connectivity index (χ2n) is 9.09. The second-order valence-corrected chi connectivity index (χ2v) is 9.09. The Morgan fingerprint density at radius 3 is 1.94 bits per heavy atom. The molecule has 0 bridgehead atoms. The minimum atomic E-state index is 0.919. The van der Waals surface area contributed by atoms with Crippen molar-refractivity contribution in [2.75, 3.05) is 0 Å². The second kappa shape index (κ2) is 6.30. The van der Waals surface area contributed by atoms with Gasteiger partial charge in [-0.15, -0.1) is 0 Å². The molecule has 3 aromatic heterocycles. The number of aryl methyl sites for hydroxylation is 1. The minimum absolute atomic E-state index is 0.919. The first-order valence-electron chi connectivity index (χ1n) is 11.6. The van der Waals surface area contributed by atoms with E-state index in [1.807, 2.05) is 12.1 Å². The first kappa shape index (κ1) is 18.0. The maximum Gasteiger partial charge on any atom is 0.135 e. The highest BCUT2D eigenvalue weighted by Gasteiger charge is 2.17. The molecule has 5 aromatic carbocycles. The van der Waals surface area contributed by atoms with E-state index in [2.05, 4.69) is 107 Å². The van der Waals surface area contributed by atoms with Crippen LogP contribution in [0, 0.1) is 0 Å². The van der Waals surface area contributed by atoms with E-state index in [9.17, 15) is 0 Å². The predicted molar refractivity (Wildman–Crippen MR) is 142 cm³/mol. The van der Waals surface area contributed by atoms with Crippen LogP contribution in [0.15, 0.2) is 108 Å². The number of para-hydroxylation sites is 3. The van der Waals surface area contributed by atoms with Crippen LogP contribution >= 0.6 is 0 Å². The van der Waals surface area contributed by atoms with Gasteiger partial charge in [-0.25, -0.2) is 0 Å². The molecule has 0 fully saturated rings. The highest BCUT2D eigenvalue weighted by molar-refractivity contribution is 6.18. The standard InChI is InChI=1S/C31H20N2O/c1-32-26-11-5-2-8-20(26)23-18-29-24(17-28(23)32)21-9-3-6-12-27(21)33(29)19-14-15-31-25(16-19)22-10-4-7-13-30(22)34-31/h2-18H,1H3. The van der Waals surface area contributed by atoms with Gasteiger partial charge < -0.3 is 13.6 Å². The molecule has 3 nitrogen and oxygen atoms in total. The Morgan fingerprint density at radius 2 is 1.09 bits per heavy atom. The Labute approximate surface area is 195 Å². The summed E-state index contributed by atoms with van der Waals surface area (Å²) in [4.78, 5) is 0. The lowest BCUT2D eigenvalue weighted by Gasteiger charge is -2.08. The van der Waals surface area contributed by atoms with Crippen LogP contribution < -0.4 is 0 Å². The number of rotatable bonds is 1. The molecule has 34 heavy (non-hydrogen) atoms. The fraction of sp³-hybridized carbons (Fsp3) is 0.0323. The summed E-state index contributed by atoms with van der Waals surface area (Å²) < 4.78 is 10.8. The van der Waals surface area contributed by atoms with Crippen molar-refractivity contribution in [3.63, 3.8) is 0 Å². The van der Waals surface area contributed by atoms with Gasteiger partial charge in [0, 0.05) is 56.1 Å². The van der Waals surface area contributed by atoms with Crippen LogP contribution in [-0.4, -0.2) is 9.13 Å². The molecule has 0 atom stereocenters. The summed E-state index contributed by atoms with van der Waals surface area (Å²) in [7, 11) is 2.16. The average Bonchev–Trinajstić information content (AvgIpc) is 3.51. The topological polar surface area (TPSA) is 23.0 Å². The molecule has 0 aliphatic carbocycles. The Morgan fingerprint density at radius 1 is 0.471 bits per heavy atom. The molecule has 0 spiro atoms. The summed E-state index contributed by atoms with van der Waals surface area (Å²) >= 11 is 0. The maximum atomic E-state index is 6.10. The van der Waals surface area contributed by atoms with Crippen molar-refractivity contribution in [3.05, 3.63) is 103 Å². The molecule has 8 rings (SSSR count). The van der Waals surface area contributed by atoms with Crippen molar-refractivity contribution >= 4 is 65.6 Å². The van der Waals surface area contributed by atoms with E-state index in [-0.39, 0.29) is 0 Å². The molecule has 0 saturated heterocycles. The highest BCUT2D eigenvalue weighted by atomic mass is 16.3. The number of aromatic nitrogens is 2. The SMILES string of the molecule is Cn1c2ccccc2c2cc3c(cc21)c1ccccc1n3-c1ccc2oc3ccccc3c2c1. The number of hydrogen-bond donors (Lipinski definition) is 0. The van der Waals surface area contributed by atoms with E-state index >= 15 is 0 Å². The van der Waals surface area contributed by atoms with Crippen LogP contribution in [0.1, 0.15) is 0 Å². The Bertz CT molecular complexity index is 2080. The summed E-state index contributed by atoms with van der Waals surface area (Å²) in [5.41, 5.74) is 7.93. The van der Waals surface area contributed by atoms with E-state index in [0.29, 0.717) is 0 Å². The zero-order valence-electron chi connectivity index (χ0n) is 18.6. The third-order valence-corrected chi connectivity index (χ3v) is 7.33. The lowest BCUT2D eigenvalue weighted by molar-refractivity contribution is 0.669. The molecular formula is C31H20N2O. The summed E-state index contributed by atoms with van der Waals surface area (Å²) in [5, 5.41) is 7.40. The minimum Gasteiger partial charge on any atom is -0.456 e. The van der Waals surface area contributed by atoms with E-state index < -0.39 is 0 Å². The van der Waals surface area contributed by atoms with Gasteiger partial charge in [0.1, 0.15) is 11.2 Å². The predicted octanol–water partition coefficient (Wildman–Crippen LogP) is 8.33. The zero-order chi connectivity index (χ0) is 22.4. The Hall–Kier alpha value is -4.50. The number of nitrogens with zero attached hydrogens (tertiary/aromatic N) is 2. The fourth-order valence-corrected chi connectivity index (χ4v) is 5.75. The summed E-state index contributed by atoms with van der Waals surface area (Å²) in [6.07, 6.45) is 0. The van der Waals surface area contributed by atoms with E-state index in [1.165, 1.54) is 43.6 Å². The van der Waals surface area contributed by atoms with Crippen LogP contribution in [0.2, 0.25) is 0 Å². The van der Waals surface area contributed by atoms with Gasteiger partial charge in [0.25, 0.3) is 0 Å². The molecule has 0 N–H and O–H groups in total. The molecule has 0 aliphatic rings. The molecule has 160 valence electrons. The van der Waals surface area contributed by atoms with Crippen molar-refractivity contribution in [1.82, 2.24) is 9.13 Å². The zero-order valence-corrected chi connectivity index (χ0v) is 18.6. The van der Waals surface area contributed by atoms with Crippen LogP contribution in [0.3, 0.4) is 0 Å². The van der Waals surface area contributed by atoms with Gasteiger partial charge >= 0.3 is 0 Å². The van der Waals surface area contributed by atoms with Crippen molar-refractivity contribution in [2.45, 2.75) is 0 Å². The lowest BCUT2D eigenvalue weighted by Crippen LogP contribution is -1.93. The van der Waals surface area contributed by atoms with Gasteiger partial charge in [0.2, 0.25) is 0 Å². The summed E-state index contributed by atoms with van der Waals surface area (Å²) in [5.74, 6) is 0. The number of benzene rings is 5. The molecule has 3 heterocycles. The highest BCUT2D eigenvalue weighted by Crippen LogP contribution is 2.39. The molecule has 0 saturated carbocycles. The van der Waals surface area contributed by atoms with Gasteiger partial charge in [-0.3, -0.25) is 0 Å². The first-order valence-corrected chi connectivity index (χ1v) is 11.6. The van der Waals surface area contributed by atoms with E-state index in [1.54, 1.807) is 0 Å². The van der Waals surface area contributed by atoms with Gasteiger partial charge in [-0.1, -0.05) is 54.6 Å². The lowest BCUT2D eigenvalue weighted by atomic mass is 10.1. The number of hydrogen-bond acceptors (Lipinski definition) is 1. The van der Waals surface area contributed by atoms with Crippen molar-refractivity contribution in [3.8, 4) is 5.69 Å². The van der Waals surface area contributed by atoms with Gasteiger partial charge in [-0.2, -0.15) is 0 Å². The Balaban J connectivity index is 1.54. The average molecular weight is 437 g/mol. The molecule has 0 amide bonds. The molecule has 0 aliphatic heterocycles. The van der Waals surface area contributed by atoms with E-state index in [4.69, 9.17) is 4.42 Å². The van der Waals surface area contributed by atoms with Crippen LogP contribution in [0.25, 0.3) is 71.2 Å². The number of furan rings is 1. The van der Waals surface area contributed by atoms with Crippen molar-refractivity contribution < 1.29 is 4.42 Å². The Kier molecular flexibility index (Phi) is 3.33. The number of fused-ring (bicyclic) bond motifs is 9. The van der Waals surface area contributed by atoms with Gasteiger partial charge in [-0.05, 0) is 48.5 Å². The summed E-state index contributed by atoms with van der Waals surface area (Å²) in [6, 6.07) is 36.9. The first-order chi connectivity index (χ1) is 16.8. The van der Waals surface area contributed by atoms with Crippen molar-refractivity contribution in [2.24, 2.45) is 7.05 Å². The third kappa shape index (κ3) is 2.21. The fourth-order valence-electron chi connectivity index (χ4n) is 5.75. The van der Waals surface area contributed by atoms with E-state index in [0.717, 1.165) is 27.6 Å². The van der Waals surface area contributed by atoms with Crippen LogP contribution in [0.4, 0.5) is 0 Å². The molecule has 0 radical (unpaired) electrons. The maximum absolute atomic E-state index is 6.10. The van der Waals surface area contributed by atoms with Gasteiger partial charge in [0.05, 0.1) is 11.0 Å². The molecular weight excluding hydrogens is 416 g/mol. The van der Waals surface area contributed by atoms with Gasteiger partial charge in [0.15, 0.2) is 0 Å². The quantitative estimate of drug-likeness (QED) is 0.254.